The van der Waals surface area contributed by atoms with Gasteiger partial charge in [0.1, 0.15) is 6.10 Å². The van der Waals surface area contributed by atoms with Crippen molar-refractivity contribution in [1.82, 2.24) is 9.80 Å². The Bertz CT molecular complexity index is 1070. The Balaban J connectivity index is 1.45. The number of hydrogen-bond donors (Lipinski definition) is 1. The predicted octanol–water partition coefficient (Wildman–Crippen LogP) is 4.12. The second kappa shape index (κ2) is 8.37. The number of carbonyl (C=O) groups excluding carboxylic acids is 1. The van der Waals surface area contributed by atoms with Gasteiger partial charge in [0.15, 0.2) is 11.6 Å². The highest BCUT2D eigenvalue weighted by Gasteiger charge is 2.42. The molecule has 0 radical (unpaired) electrons. The number of anilines is 1. The molecule has 3 aliphatic rings. The Morgan fingerprint density at radius 2 is 1.97 bits per heavy atom. The third kappa shape index (κ3) is 3.81. The number of aliphatic hydroxyl groups excluding tert-OH is 1. The molecule has 32 heavy (non-hydrogen) atoms. The van der Waals surface area contributed by atoms with E-state index < -0.39 is 11.9 Å². The molecule has 0 saturated carbocycles. The number of amides is 2. The number of aliphatic hydroxyl groups is 1. The van der Waals surface area contributed by atoms with Gasteiger partial charge in [-0.2, -0.15) is 0 Å². The van der Waals surface area contributed by atoms with E-state index in [0.717, 1.165) is 17.7 Å². The molecule has 3 atom stereocenters. The van der Waals surface area contributed by atoms with Crippen molar-refractivity contribution in [2.45, 2.75) is 31.1 Å². The molecule has 0 unspecified atom stereocenters. The number of likely N-dealkylation sites (N-methyl/N-ethyl adjacent to an activating group) is 1. The lowest BCUT2D eigenvalue weighted by Gasteiger charge is -2.30. The standard InChI is InChI=1S/C23H24Cl2FN3O3/c1-27-6-7-29(23(27)31)14-2-3-21(19(26)10-14)32-22-17-8-13(24)9-18(25)16(17)11-20(22)28-5-4-15(30)12-28/h2-3,8-10,15,20,22,30H,4-7,11-12H2,1H3/t15-,20-,22+/m1/s1. The van der Waals surface area contributed by atoms with Crippen LogP contribution in [-0.4, -0.2) is 66.3 Å². The summed E-state index contributed by atoms with van der Waals surface area (Å²) in [5, 5.41) is 11.1. The van der Waals surface area contributed by atoms with Crippen molar-refractivity contribution in [2.75, 3.05) is 38.1 Å². The normalized spacial score (nSPS) is 25.7. The molecular weight excluding hydrogens is 456 g/mol. The van der Waals surface area contributed by atoms with E-state index in [1.807, 2.05) is 6.07 Å². The zero-order valence-corrected chi connectivity index (χ0v) is 19.1. The molecule has 2 aromatic carbocycles. The lowest BCUT2D eigenvalue weighted by molar-refractivity contribution is 0.0791. The van der Waals surface area contributed by atoms with E-state index in [0.29, 0.717) is 48.2 Å². The Hall–Kier alpha value is -2.06. The summed E-state index contributed by atoms with van der Waals surface area (Å²) in [6.45, 7) is 2.39. The molecule has 9 heteroatoms. The van der Waals surface area contributed by atoms with E-state index in [2.05, 4.69) is 4.90 Å². The van der Waals surface area contributed by atoms with Gasteiger partial charge in [0.2, 0.25) is 0 Å². The summed E-state index contributed by atoms with van der Waals surface area (Å²) < 4.78 is 21.3. The molecule has 0 spiro atoms. The number of urea groups is 1. The maximum atomic E-state index is 15.1. The molecule has 2 amide bonds. The smallest absolute Gasteiger partial charge is 0.324 e. The van der Waals surface area contributed by atoms with E-state index in [1.165, 1.54) is 6.07 Å². The quantitative estimate of drug-likeness (QED) is 0.716. The number of rotatable bonds is 4. The SMILES string of the molecule is CN1CCN(c2ccc(O[C@H]3c4cc(Cl)cc(Cl)c4C[C@H]3N3CC[C@@H](O)C3)c(F)c2)C1=O. The summed E-state index contributed by atoms with van der Waals surface area (Å²) in [7, 11) is 1.72. The molecular formula is C23H24Cl2FN3O3. The molecule has 2 saturated heterocycles. The molecule has 0 aromatic heterocycles. The van der Waals surface area contributed by atoms with Crippen molar-refractivity contribution in [3.63, 3.8) is 0 Å². The molecule has 1 aliphatic carbocycles. The first-order valence-corrected chi connectivity index (χ1v) is 11.5. The number of nitrogens with zero attached hydrogens (tertiary/aromatic N) is 3. The Morgan fingerprint density at radius 1 is 1.16 bits per heavy atom. The van der Waals surface area contributed by atoms with Gasteiger partial charge >= 0.3 is 6.03 Å². The van der Waals surface area contributed by atoms with Gasteiger partial charge in [-0.15, -0.1) is 0 Å². The minimum absolute atomic E-state index is 0.0917. The van der Waals surface area contributed by atoms with Gasteiger partial charge in [-0.25, -0.2) is 9.18 Å². The Kier molecular flexibility index (Phi) is 5.70. The maximum Gasteiger partial charge on any atom is 0.324 e. The van der Waals surface area contributed by atoms with Gasteiger partial charge in [-0.05, 0) is 42.7 Å². The highest BCUT2D eigenvalue weighted by atomic mass is 35.5. The van der Waals surface area contributed by atoms with Crippen molar-refractivity contribution < 1.29 is 19.0 Å². The minimum atomic E-state index is -0.536. The molecule has 2 aromatic rings. The van der Waals surface area contributed by atoms with E-state index in [4.69, 9.17) is 27.9 Å². The summed E-state index contributed by atoms with van der Waals surface area (Å²) in [4.78, 5) is 17.6. The van der Waals surface area contributed by atoms with Crippen LogP contribution in [0.4, 0.5) is 14.9 Å². The average Bonchev–Trinajstić information content (AvgIpc) is 3.42. The Morgan fingerprint density at radius 3 is 2.62 bits per heavy atom. The molecule has 170 valence electrons. The van der Waals surface area contributed by atoms with Crippen LogP contribution in [0, 0.1) is 5.82 Å². The first kappa shape index (κ1) is 21.8. The molecule has 2 heterocycles. The lowest BCUT2D eigenvalue weighted by atomic mass is 10.1. The van der Waals surface area contributed by atoms with E-state index in [9.17, 15) is 9.90 Å². The Labute approximate surface area is 196 Å². The van der Waals surface area contributed by atoms with Crippen LogP contribution in [0.5, 0.6) is 5.75 Å². The molecule has 5 rings (SSSR count). The largest absolute Gasteiger partial charge is 0.481 e. The van der Waals surface area contributed by atoms with Crippen molar-refractivity contribution >= 4 is 34.9 Å². The predicted molar refractivity (Wildman–Crippen MR) is 121 cm³/mol. The molecule has 0 bridgehead atoms. The van der Waals surface area contributed by atoms with Crippen molar-refractivity contribution in [1.29, 1.82) is 0 Å². The van der Waals surface area contributed by atoms with Crippen LogP contribution in [-0.2, 0) is 6.42 Å². The number of halogens is 3. The van der Waals surface area contributed by atoms with Crippen LogP contribution in [0.1, 0.15) is 23.7 Å². The number of ether oxygens (including phenoxy) is 1. The van der Waals surface area contributed by atoms with Crippen LogP contribution >= 0.6 is 23.2 Å². The van der Waals surface area contributed by atoms with Gasteiger partial charge in [0.05, 0.1) is 12.1 Å². The van der Waals surface area contributed by atoms with Crippen molar-refractivity contribution in [2.24, 2.45) is 0 Å². The van der Waals surface area contributed by atoms with E-state index in [-0.39, 0.29) is 23.9 Å². The summed E-state index contributed by atoms with van der Waals surface area (Å²) >= 11 is 12.7. The second-order valence-corrected chi connectivity index (χ2v) is 9.52. The fourth-order valence-electron chi connectivity index (χ4n) is 4.92. The van der Waals surface area contributed by atoms with Crippen molar-refractivity contribution in [3.8, 4) is 5.75 Å². The van der Waals surface area contributed by atoms with E-state index in [1.54, 1.807) is 35.0 Å². The van der Waals surface area contributed by atoms with Crippen LogP contribution in [0.3, 0.4) is 0 Å². The van der Waals surface area contributed by atoms with E-state index >= 15 is 4.39 Å². The first-order chi connectivity index (χ1) is 15.3. The van der Waals surface area contributed by atoms with Crippen LogP contribution in [0.25, 0.3) is 0 Å². The third-order valence-electron chi connectivity index (χ3n) is 6.63. The zero-order valence-electron chi connectivity index (χ0n) is 17.6. The molecule has 2 aliphatic heterocycles. The molecule has 2 fully saturated rings. The summed E-state index contributed by atoms with van der Waals surface area (Å²) in [5.74, 6) is -0.431. The number of hydrogen-bond acceptors (Lipinski definition) is 4. The average molecular weight is 480 g/mol. The first-order valence-electron chi connectivity index (χ1n) is 10.7. The van der Waals surface area contributed by atoms with Gasteiger partial charge in [-0.3, -0.25) is 9.80 Å². The number of carbonyl (C=O) groups is 1. The summed E-state index contributed by atoms with van der Waals surface area (Å²) in [6.07, 6.45) is 0.462. The van der Waals surface area contributed by atoms with Gasteiger partial charge in [-0.1, -0.05) is 23.2 Å². The third-order valence-corrected chi connectivity index (χ3v) is 7.18. The van der Waals surface area contributed by atoms with Gasteiger partial charge in [0.25, 0.3) is 0 Å². The summed E-state index contributed by atoms with van der Waals surface area (Å²) in [5.41, 5.74) is 2.28. The van der Waals surface area contributed by atoms with Gasteiger partial charge < -0.3 is 14.7 Å². The molecule has 1 N–H and O–H groups in total. The monoisotopic (exact) mass is 479 g/mol. The fraction of sp³-hybridized carbons (Fsp3) is 0.435. The molecule has 6 nitrogen and oxygen atoms in total. The number of likely N-dealkylation sites (tertiary alicyclic amines) is 1. The van der Waals surface area contributed by atoms with Crippen LogP contribution < -0.4 is 9.64 Å². The highest BCUT2D eigenvalue weighted by molar-refractivity contribution is 6.35. The van der Waals surface area contributed by atoms with Gasteiger partial charge in [0, 0.05) is 60.6 Å². The number of fused-ring (bicyclic) bond motifs is 1. The number of β-amino-alcohol motifs (C(OH)–C–C–N with tert-alkyl or cyclic N) is 1. The maximum absolute atomic E-state index is 15.1. The fourth-order valence-corrected chi connectivity index (χ4v) is 5.51. The topological polar surface area (TPSA) is 56.3 Å². The lowest BCUT2D eigenvalue weighted by Crippen LogP contribution is -2.39. The van der Waals surface area contributed by atoms with Crippen LogP contribution in [0.2, 0.25) is 10.0 Å². The number of benzene rings is 2. The summed E-state index contributed by atoms with van der Waals surface area (Å²) in [6, 6.07) is 7.89. The zero-order chi connectivity index (χ0) is 22.6. The van der Waals surface area contributed by atoms with Crippen molar-refractivity contribution in [3.05, 3.63) is 57.3 Å². The highest BCUT2D eigenvalue weighted by Crippen LogP contribution is 2.44. The second-order valence-electron chi connectivity index (χ2n) is 8.67. The minimum Gasteiger partial charge on any atom is -0.481 e. The van der Waals surface area contributed by atoms with Crippen LogP contribution in [0.15, 0.2) is 30.3 Å².